The first-order valence-corrected chi connectivity index (χ1v) is 9.88. The van der Waals surface area contributed by atoms with Gasteiger partial charge in [-0.3, -0.25) is 4.90 Å². The van der Waals surface area contributed by atoms with Gasteiger partial charge < -0.3 is 19.7 Å². The van der Waals surface area contributed by atoms with Crippen molar-refractivity contribution < 1.29 is 19.7 Å². The van der Waals surface area contributed by atoms with Crippen LogP contribution in [-0.4, -0.2) is 49.0 Å². The number of piperidine rings is 1. The molecule has 6 heteroatoms. The zero-order chi connectivity index (χ0) is 20.1. The van der Waals surface area contributed by atoms with Crippen LogP contribution in [0.3, 0.4) is 0 Å². The first-order valence-electron chi connectivity index (χ1n) is 9.50. The third-order valence-electron chi connectivity index (χ3n) is 5.50. The summed E-state index contributed by atoms with van der Waals surface area (Å²) in [7, 11) is 3.18. The molecule has 2 N–H and O–H groups in total. The average Bonchev–Trinajstić information content (AvgIpc) is 2.71. The molecule has 0 aliphatic carbocycles. The van der Waals surface area contributed by atoms with E-state index in [0.717, 1.165) is 43.7 Å². The van der Waals surface area contributed by atoms with E-state index >= 15 is 0 Å². The molecule has 2 aromatic carbocycles. The molecule has 0 amide bonds. The number of hydrogen-bond acceptors (Lipinski definition) is 5. The normalized spacial score (nSPS) is 20.1. The van der Waals surface area contributed by atoms with Gasteiger partial charge in [0, 0.05) is 18.5 Å². The number of phenols is 1. The fourth-order valence-corrected chi connectivity index (χ4v) is 4.36. The van der Waals surface area contributed by atoms with Crippen LogP contribution in [0.4, 0.5) is 0 Å². The number of rotatable bonds is 7. The minimum absolute atomic E-state index is 0.0331. The van der Waals surface area contributed by atoms with Crippen molar-refractivity contribution in [2.24, 2.45) is 5.41 Å². The van der Waals surface area contributed by atoms with Gasteiger partial charge in [0.2, 0.25) is 0 Å². The van der Waals surface area contributed by atoms with Crippen molar-refractivity contribution in [2.75, 3.05) is 33.9 Å². The molecule has 1 fully saturated rings. The Hall–Kier alpha value is -1.95. The predicted octanol–water partition coefficient (Wildman–Crippen LogP) is 3.88. The second kappa shape index (κ2) is 9.03. The van der Waals surface area contributed by atoms with Crippen LogP contribution < -0.4 is 9.47 Å². The lowest BCUT2D eigenvalue weighted by molar-refractivity contribution is 0.0288. The summed E-state index contributed by atoms with van der Waals surface area (Å²) in [6.07, 6.45) is 2.81. The van der Waals surface area contributed by atoms with Crippen LogP contribution in [0.5, 0.6) is 17.2 Å². The molecule has 3 rings (SSSR count). The van der Waals surface area contributed by atoms with Gasteiger partial charge in [-0.1, -0.05) is 23.7 Å². The molecule has 0 bridgehead atoms. The Morgan fingerprint density at radius 2 is 1.96 bits per heavy atom. The summed E-state index contributed by atoms with van der Waals surface area (Å²) in [4.78, 5) is 2.34. The summed E-state index contributed by atoms with van der Waals surface area (Å²) in [5.74, 6) is 1.18. The van der Waals surface area contributed by atoms with E-state index in [1.54, 1.807) is 13.2 Å². The highest BCUT2D eigenvalue weighted by molar-refractivity contribution is 6.32. The largest absolute Gasteiger partial charge is 0.503 e. The van der Waals surface area contributed by atoms with E-state index in [2.05, 4.69) is 11.0 Å². The summed E-state index contributed by atoms with van der Waals surface area (Å²) in [6.45, 7) is 2.58. The lowest BCUT2D eigenvalue weighted by Crippen LogP contribution is -2.46. The van der Waals surface area contributed by atoms with Crippen LogP contribution in [0.1, 0.15) is 24.0 Å². The Bertz CT molecular complexity index is 813. The third kappa shape index (κ3) is 4.72. The Morgan fingerprint density at radius 1 is 1.14 bits per heavy atom. The van der Waals surface area contributed by atoms with E-state index < -0.39 is 0 Å². The van der Waals surface area contributed by atoms with Crippen molar-refractivity contribution in [3.05, 3.63) is 52.5 Å². The Kier molecular flexibility index (Phi) is 6.70. The highest BCUT2D eigenvalue weighted by atomic mass is 35.5. The van der Waals surface area contributed by atoms with Crippen LogP contribution in [-0.2, 0) is 13.0 Å². The van der Waals surface area contributed by atoms with Crippen molar-refractivity contribution in [1.82, 2.24) is 4.90 Å². The van der Waals surface area contributed by atoms with Crippen molar-refractivity contribution >= 4 is 11.6 Å². The number of halogens is 1. The van der Waals surface area contributed by atoms with Gasteiger partial charge in [-0.15, -0.1) is 0 Å². The second-order valence-corrected chi connectivity index (χ2v) is 8.04. The van der Waals surface area contributed by atoms with E-state index in [9.17, 15) is 10.2 Å². The molecule has 1 saturated heterocycles. The monoisotopic (exact) mass is 405 g/mol. The van der Waals surface area contributed by atoms with Crippen LogP contribution in [0.2, 0.25) is 5.02 Å². The molecule has 1 atom stereocenters. The number of ether oxygens (including phenoxy) is 2. The minimum Gasteiger partial charge on any atom is -0.503 e. The first kappa shape index (κ1) is 20.8. The van der Waals surface area contributed by atoms with Gasteiger partial charge in [0.15, 0.2) is 11.5 Å². The van der Waals surface area contributed by atoms with Crippen LogP contribution in [0, 0.1) is 5.41 Å². The van der Waals surface area contributed by atoms with Gasteiger partial charge in [-0.05, 0) is 61.2 Å². The van der Waals surface area contributed by atoms with Crippen LogP contribution in [0.15, 0.2) is 36.4 Å². The Labute approximate surface area is 171 Å². The zero-order valence-corrected chi connectivity index (χ0v) is 17.2. The number of aliphatic hydroxyl groups excluding tert-OH is 1. The number of aliphatic hydroxyl groups is 1. The second-order valence-electron chi connectivity index (χ2n) is 7.63. The molecule has 1 aliphatic rings. The highest BCUT2D eigenvalue weighted by Gasteiger charge is 2.35. The van der Waals surface area contributed by atoms with Crippen molar-refractivity contribution in [1.29, 1.82) is 0 Å². The molecule has 1 aliphatic heterocycles. The quantitative estimate of drug-likeness (QED) is 0.732. The van der Waals surface area contributed by atoms with Gasteiger partial charge >= 0.3 is 0 Å². The average molecular weight is 406 g/mol. The lowest BCUT2D eigenvalue weighted by atomic mass is 9.75. The fourth-order valence-electron chi connectivity index (χ4n) is 4.12. The number of hydrogen-bond donors (Lipinski definition) is 2. The molecule has 0 unspecified atom stereocenters. The van der Waals surface area contributed by atoms with E-state index in [4.69, 9.17) is 21.1 Å². The molecule has 0 aromatic heterocycles. The van der Waals surface area contributed by atoms with Gasteiger partial charge in [0.1, 0.15) is 5.75 Å². The first-order chi connectivity index (χ1) is 13.5. The van der Waals surface area contributed by atoms with Crippen molar-refractivity contribution in [2.45, 2.75) is 25.8 Å². The Morgan fingerprint density at radius 3 is 2.68 bits per heavy atom. The molecule has 0 radical (unpaired) electrons. The Balaban J connectivity index is 1.75. The van der Waals surface area contributed by atoms with E-state index in [0.29, 0.717) is 12.3 Å². The van der Waals surface area contributed by atoms with Crippen molar-refractivity contribution in [3.8, 4) is 17.2 Å². The maximum atomic E-state index is 10.2. The standard InChI is InChI=1S/C22H28ClNO4/c1-27-18-6-3-5-16(9-18)12-22(15-25)7-4-8-24(14-22)13-17-10-19(23)21(26)20(11-17)28-2/h3,5-6,9-11,25-26H,4,7-8,12-15H2,1-2H3/t22-/m0/s1. The number of benzene rings is 2. The van der Waals surface area contributed by atoms with E-state index in [1.807, 2.05) is 24.3 Å². The van der Waals surface area contributed by atoms with Gasteiger partial charge in [-0.2, -0.15) is 0 Å². The molecular weight excluding hydrogens is 378 g/mol. The minimum atomic E-state index is -0.185. The van der Waals surface area contributed by atoms with E-state index in [1.165, 1.54) is 12.7 Å². The molecule has 2 aromatic rings. The maximum absolute atomic E-state index is 10.2. The summed E-state index contributed by atoms with van der Waals surface area (Å²) in [5.41, 5.74) is 1.97. The smallest absolute Gasteiger partial charge is 0.176 e. The van der Waals surface area contributed by atoms with Crippen molar-refractivity contribution in [3.63, 3.8) is 0 Å². The predicted molar refractivity (Wildman–Crippen MR) is 110 cm³/mol. The van der Waals surface area contributed by atoms with Gasteiger partial charge in [0.25, 0.3) is 0 Å². The highest BCUT2D eigenvalue weighted by Crippen LogP contribution is 2.37. The summed E-state index contributed by atoms with van der Waals surface area (Å²) >= 11 is 6.13. The number of nitrogens with zero attached hydrogens (tertiary/aromatic N) is 1. The third-order valence-corrected chi connectivity index (χ3v) is 5.79. The van der Waals surface area contributed by atoms with Crippen LogP contribution in [0.25, 0.3) is 0 Å². The lowest BCUT2D eigenvalue weighted by Gasteiger charge is -2.42. The molecule has 28 heavy (non-hydrogen) atoms. The summed E-state index contributed by atoms with van der Waals surface area (Å²) < 4.78 is 10.5. The number of likely N-dealkylation sites (tertiary alicyclic amines) is 1. The summed E-state index contributed by atoms with van der Waals surface area (Å²) in [6, 6.07) is 11.6. The molecule has 0 spiro atoms. The fraction of sp³-hybridized carbons (Fsp3) is 0.455. The topological polar surface area (TPSA) is 62.2 Å². The maximum Gasteiger partial charge on any atom is 0.176 e. The molecule has 152 valence electrons. The van der Waals surface area contributed by atoms with E-state index in [-0.39, 0.29) is 22.8 Å². The molecule has 1 heterocycles. The number of aromatic hydroxyl groups is 1. The summed E-state index contributed by atoms with van der Waals surface area (Å²) in [5, 5.41) is 20.5. The molecule has 0 saturated carbocycles. The van der Waals surface area contributed by atoms with Gasteiger partial charge in [0.05, 0.1) is 25.8 Å². The van der Waals surface area contributed by atoms with Gasteiger partial charge in [-0.25, -0.2) is 0 Å². The molecule has 5 nitrogen and oxygen atoms in total. The number of phenolic OH excluding ortho intramolecular Hbond substituents is 1. The number of methoxy groups -OCH3 is 2. The molecular formula is C22H28ClNO4. The SMILES string of the molecule is COc1cccc(C[C@@]2(CO)CCCN(Cc3cc(Cl)c(O)c(OC)c3)C2)c1. The zero-order valence-electron chi connectivity index (χ0n) is 16.4. The van der Waals surface area contributed by atoms with Crippen LogP contribution >= 0.6 is 11.6 Å².